The second kappa shape index (κ2) is 6.09. The minimum Gasteiger partial charge on any atom is -0.497 e. The van der Waals surface area contributed by atoms with Crippen LogP contribution < -0.4 is 9.47 Å². The molecule has 3 aromatic rings. The lowest BCUT2D eigenvalue weighted by atomic mass is 10.0. The summed E-state index contributed by atoms with van der Waals surface area (Å²) in [5.74, 6) is 2.20. The van der Waals surface area contributed by atoms with Crippen molar-refractivity contribution in [2.45, 2.75) is 0 Å². The smallest absolute Gasteiger partial charge is 0.219 e. The number of hydrogen-bond donors (Lipinski definition) is 0. The molecule has 0 saturated carbocycles. The van der Waals surface area contributed by atoms with Crippen LogP contribution in [0.15, 0.2) is 72.9 Å². The first-order valence-electron chi connectivity index (χ1n) is 6.69. The number of nitrogens with zero attached hydrogens (tertiary/aromatic N) is 1. The zero-order valence-corrected chi connectivity index (χ0v) is 11.7. The molecule has 0 amide bonds. The quantitative estimate of drug-likeness (QED) is 0.701. The van der Waals surface area contributed by atoms with Crippen molar-refractivity contribution in [3.05, 3.63) is 72.9 Å². The van der Waals surface area contributed by atoms with Gasteiger partial charge in [0.1, 0.15) is 11.5 Å². The van der Waals surface area contributed by atoms with Crippen molar-refractivity contribution in [3.63, 3.8) is 0 Å². The Labute approximate surface area is 123 Å². The number of benzene rings is 2. The number of aromatic nitrogens is 1. The van der Waals surface area contributed by atoms with Crippen LogP contribution in [0.2, 0.25) is 0 Å². The molecule has 0 unspecified atom stereocenters. The first-order valence-corrected chi connectivity index (χ1v) is 6.69. The van der Waals surface area contributed by atoms with Gasteiger partial charge in [0.15, 0.2) is 0 Å². The molecule has 0 N–H and O–H groups in total. The summed E-state index contributed by atoms with van der Waals surface area (Å²) in [7, 11) is 1.66. The molecule has 0 saturated heterocycles. The highest BCUT2D eigenvalue weighted by Crippen LogP contribution is 2.33. The molecule has 0 atom stereocenters. The molecule has 21 heavy (non-hydrogen) atoms. The molecule has 0 aliphatic heterocycles. The SMILES string of the molecule is COc1ccc(-c2ccccc2Oc2ccccn2)cc1. The van der Waals surface area contributed by atoms with Crippen LogP contribution in [-0.2, 0) is 0 Å². The third kappa shape index (κ3) is 3.03. The van der Waals surface area contributed by atoms with Gasteiger partial charge in [0.25, 0.3) is 0 Å². The highest BCUT2D eigenvalue weighted by Gasteiger charge is 2.07. The summed E-state index contributed by atoms with van der Waals surface area (Å²) < 4.78 is 11.1. The Kier molecular flexibility index (Phi) is 3.83. The Bertz CT molecular complexity index is 709. The molecule has 0 radical (unpaired) electrons. The summed E-state index contributed by atoms with van der Waals surface area (Å²) >= 11 is 0. The van der Waals surface area contributed by atoms with Gasteiger partial charge in [-0.2, -0.15) is 0 Å². The first kappa shape index (κ1) is 13.2. The van der Waals surface area contributed by atoms with Crippen LogP contribution in [0, 0.1) is 0 Å². The topological polar surface area (TPSA) is 31.4 Å². The van der Waals surface area contributed by atoms with Crippen molar-refractivity contribution in [2.75, 3.05) is 7.11 Å². The fraction of sp³-hybridized carbons (Fsp3) is 0.0556. The van der Waals surface area contributed by atoms with E-state index in [-0.39, 0.29) is 0 Å². The minimum atomic E-state index is 0.582. The highest BCUT2D eigenvalue weighted by molar-refractivity contribution is 5.71. The fourth-order valence-electron chi connectivity index (χ4n) is 2.08. The van der Waals surface area contributed by atoms with E-state index < -0.39 is 0 Å². The molecule has 0 aliphatic rings. The van der Waals surface area contributed by atoms with E-state index in [4.69, 9.17) is 9.47 Å². The summed E-state index contributed by atoms with van der Waals surface area (Å²) in [6.07, 6.45) is 1.71. The van der Waals surface area contributed by atoms with Crippen molar-refractivity contribution in [1.29, 1.82) is 0 Å². The highest BCUT2D eigenvalue weighted by atomic mass is 16.5. The third-order valence-electron chi connectivity index (χ3n) is 3.14. The van der Waals surface area contributed by atoms with Crippen LogP contribution in [0.4, 0.5) is 0 Å². The second-order valence-electron chi connectivity index (χ2n) is 4.49. The molecule has 1 heterocycles. The van der Waals surface area contributed by atoms with Crippen LogP contribution in [0.5, 0.6) is 17.4 Å². The van der Waals surface area contributed by atoms with E-state index in [0.717, 1.165) is 22.6 Å². The van der Waals surface area contributed by atoms with Crippen molar-refractivity contribution in [3.8, 4) is 28.5 Å². The Morgan fingerprint density at radius 3 is 2.29 bits per heavy atom. The van der Waals surface area contributed by atoms with Crippen molar-refractivity contribution < 1.29 is 9.47 Å². The van der Waals surface area contributed by atoms with Gasteiger partial charge in [-0.05, 0) is 29.8 Å². The minimum absolute atomic E-state index is 0.582. The normalized spacial score (nSPS) is 10.1. The van der Waals surface area contributed by atoms with Crippen LogP contribution in [0.1, 0.15) is 0 Å². The van der Waals surface area contributed by atoms with E-state index in [0.29, 0.717) is 5.88 Å². The number of pyridine rings is 1. The molecule has 0 bridgehead atoms. The Morgan fingerprint density at radius 1 is 0.810 bits per heavy atom. The average molecular weight is 277 g/mol. The zero-order chi connectivity index (χ0) is 14.5. The molecular formula is C18H15NO2. The van der Waals surface area contributed by atoms with Crippen molar-refractivity contribution >= 4 is 0 Å². The molecule has 0 spiro atoms. The molecule has 3 rings (SSSR count). The van der Waals surface area contributed by atoms with E-state index in [9.17, 15) is 0 Å². The summed E-state index contributed by atoms with van der Waals surface area (Å²) in [5, 5.41) is 0. The van der Waals surface area contributed by atoms with Crippen LogP contribution in [0.25, 0.3) is 11.1 Å². The number of rotatable bonds is 4. The molecule has 2 aromatic carbocycles. The van der Waals surface area contributed by atoms with Gasteiger partial charge in [0, 0.05) is 17.8 Å². The van der Waals surface area contributed by atoms with Gasteiger partial charge in [-0.1, -0.05) is 36.4 Å². The summed E-state index contributed by atoms with van der Waals surface area (Å²) in [6.45, 7) is 0. The number of para-hydroxylation sites is 1. The van der Waals surface area contributed by atoms with Gasteiger partial charge < -0.3 is 9.47 Å². The maximum absolute atomic E-state index is 5.88. The molecule has 1 aromatic heterocycles. The molecule has 0 aliphatic carbocycles. The maximum atomic E-state index is 5.88. The summed E-state index contributed by atoms with van der Waals surface area (Å²) in [4.78, 5) is 4.19. The van der Waals surface area contributed by atoms with Crippen LogP contribution in [0.3, 0.4) is 0 Å². The Balaban J connectivity index is 1.95. The van der Waals surface area contributed by atoms with Gasteiger partial charge in [-0.3, -0.25) is 0 Å². The monoisotopic (exact) mass is 277 g/mol. The molecule has 0 fully saturated rings. The number of ether oxygens (including phenoxy) is 2. The Morgan fingerprint density at radius 2 is 1.57 bits per heavy atom. The maximum Gasteiger partial charge on any atom is 0.219 e. The van der Waals surface area contributed by atoms with Crippen LogP contribution >= 0.6 is 0 Å². The molecule has 104 valence electrons. The predicted molar refractivity (Wildman–Crippen MR) is 82.7 cm³/mol. The lowest BCUT2D eigenvalue weighted by Crippen LogP contribution is -1.90. The first-order chi connectivity index (χ1) is 10.4. The van der Waals surface area contributed by atoms with E-state index in [1.807, 2.05) is 66.7 Å². The summed E-state index contributed by atoms with van der Waals surface area (Å²) in [6, 6.07) is 21.4. The van der Waals surface area contributed by atoms with Gasteiger partial charge in [0.2, 0.25) is 5.88 Å². The molecular weight excluding hydrogens is 262 g/mol. The van der Waals surface area contributed by atoms with Gasteiger partial charge >= 0.3 is 0 Å². The average Bonchev–Trinajstić information content (AvgIpc) is 2.56. The van der Waals surface area contributed by atoms with Gasteiger partial charge in [-0.15, -0.1) is 0 Å². The van der Waals surface area contributed by atoms with E-state index in [1.165, 1.54) is 0 Å². The predicted octanol–water partition coefficient (Wildman–Crippen LogP) is 4.55. The fourth-order valence-corrected chi connectivity index (χ4v) is 2.08. The standard InChI is InChI=1S/C18H15NO2/c1-20-15-11-9-14(10-12-15)16-6-2-3-7-17(16)21-18-8-4-5-13-19-18/h2-13H,1H3. The van der Waals surface area contributed by atoms with Crippen molar-refractivity contribution in [2.24, 2.45) is 0 Å². The van der Waals surface area contributed by atoms with Crippen LogP contribution in [-0.4, -0.2) is 12.1 Å². The van der Waals surface area contributed by atoms with E-state index in [2.05, 4.69) is 4.98 Å². The summed E-state index contributed by atoms with van der Waals surface area (Å²) in [5.41, 5.74) is 2.09. The van der Waals surface area contributed by atoms with E-state index in [1.54, 1.807) is 13.3 Å². The van der Waals surface area contributed by atoms with Gasteiger partial charge in [0.05, 0.1) is 7.11 Å². The van der Waals surface area contributed by atoms with Gasteiger partial charge in [-0.25, -0.2) is 4.98 Å². The lowest BCUT2D eigenvalue weighted by Gasteiger charge is -2.11. The van der Waals surface area contributed by atoms with Crippen molar-refractivity contribution in [1.82, 2.24) is 4.98 Å². The lowest BCUT2D eigenvalue weighted by molar-refractivity contribution is 0.415. The molecule has 3 nitrogen and oxygen atoms in total. The largest absolute Gasteiger partial charge is 0.497 e. The zero-order valence-electron chi connectivity index (χ0n) is 11.7. The molecule has 3 heteroatoms. The van der Waals surface area contributed by atoms with E-state index >= 15 is 0 Å². The number of hydrogen-bond acceptors (Lipinski definition) is 3. The third-order valence-corrected chi connectivity index (χ3v) is 3.14. The Hall–Kier alpha value is -2.81. The second-order valence-corrected chi connectivity index (χ2v) is 4.49. The number of methoxy groups -OCH3 is 1.